The summed E-state index contributed by atoms with van der Waals surface area (Å²) in [6.07, 6.45) is 1.45. The van der Waals surface area contributed by atoms with E-state index < -0.39 is 5.97 Å². The van der Waals surface area contributed by atoms with Gasteiger partial charge in [0, 0.05) is 11.9 Å². The van der Waals surface area contributed by atoms with Crippen molar-refractivity contribution in [1.82, 2.24) is 5.32 Å². The summed E-state index contributed by atoms with van der Waals surface area (Å²) in [4.78, 5) is 10.2. The molecule has 0 aromatic heterocycles. The zero-order valence-corrected chi connectivity index (χ0v) is 6.22. The van der Waals surface area contributed by atoms with Crippen molar-refractivity contribution >= 4 is 5.97 Å². The van der Waals surface area contributed by atoms with E-state index >= 15 is 0 Å². The molecule has 0 amide bonds. The summed E-state index contributed by atoms with van der Waals surface area (Å²) < 4.78 is 0. The van der Waals surface area contributed by atoms with E-state index in [1.54, 1.807) is 0 Å². The minimum atomic E-state index is -0.892. The van der Waals surface area contributed by atoms with Crippen LogP contribution in [0.3, 0.4) is 0 Å². The predicted octanol–water partition coefficient (Wildman–Crippen LogP) is -4.26. The number of carboxylic acids is 1. The summed E-state index contributed by atoms with van der Waals surface area (Å²) in [5.41, 5.74) is 0. The number of hydrogen-bond donors (Lipinski definition) is 1. The van der Waals surface area contributed by atoms with Gasteiger partial charge in [-0.2, -0.15) is 0 Å². The van der Waals surface area contributed by atoms with Gasteiger partial charge in [0.2, 0.25) is 0 Å². The molecule has 0 aromatic rings. The molecule has 1 N–H and O–H groups in total. The molecule has 1 aliphatic heterocycles. The Kier molecular flexibility index (Phi) is 4.80. The summed E-state index contributed by atoms with van der Waals surface area (Å²) in [6, 6.07) is 0. The van der Waals surface area contributed by atoms with Crippen LogP contribution in [0.2, 0.25) is 0 Å². The molecule has 3 nitrogen and oxygen atoms in total. The molecule has 1 rings (SSSR count). The zero-order valence-electron chi connectivity index (χ0n) is 6.22. The molecule has 52 valence electrons. The molecule has 1 saturated heterocycles. The zero-order chi connectivity index (χ0) is 6.69. The SMILES string of the molecule is O=C([O-])C1CCNCC1.[Li+]. The van der Waals surface area contributed by atoms with Gasteiger partial charge in [-0.1, -0.05) is 0 Å². The molecule has 0 saturated carbocycles. The number of carbonyl (C=O) groups excluding carboxylic acids is 1. The average Bonchev–Trinajstić information content (AvgIpc) is 1.90. The number of carbonyl (C=O) groups is 1. The third kappa shape index (κ3) is 2.74. The van der Waals surface area contributed by atoms with E-state index in [2.05, 4.69) is 5.32 Å². The Morgan fingerprint density at radius 1 is 1.40 bits per heavy atom. The van der Waals surface area contributed by atoms with Gasteiger partial charge < -0.3 is 15.2 Å². The molecule has 10 heavy (non-hydrogen) atoms. The number of aliphatic carboxylic acids is 1. The van der Waals surface area contributed by atoms with E-state index in [4.69, 9.17) is 0 Å². The van der Waals surface area contributed by atoms with Crippen molar-refractivity contribution in [2.45, 2.75) is 12.8 Å². The van der Waals surface area contributed by atoms with Crippen LogP contribution in [0, 0.1) is 5.92 Å². The molecule has 0 aliphatic carbocycles. The molecule has 4 heteroatoms. The first-order valence-corrected chi connectivity index (χ1v) is 3.22. The Morgan fingerprint density at radius 2 is 1.90 bits per heavy atom. The molecule has 0 unspecified atom stereocenters. The van der Waals surface area contributed by atoms with E-state index in [1.807, 2.05) is 0 Å². The topological polar surface area (TPSA) is 52.2 Å². The van der Waals surface area contributed by atoms with E-state index in [0.717, 1.165) is 25.9 Å². The van der Waals surface area contributed by atoms with Gasteiger partial charge in [-0.25, -0.2) is 0 Å². The van der Waals surface area contributed by atoms with Crippen molar-refractivity contribution in [3.63, 3.8) is 0 Å². The van der Waals surface area contributed by atoms with Gasteiger partial charge in [0.25, 0.3) is 0 Å². The summed E-state index contributed by atoms with van der Waals surface area (Å²) in [6.45, 7) is 1.64. The van der Waals surface area contributed by atoms with E-state index in [-0.39, 0.29) is 24.8 Å². The smallest absolute Gasteiger partial charge is 0.550 e. The third-order valence-corrected chi connectivity index (χ3v) is 1.67. The van der Waals surface area contributed by atoms with Crippen molar-refractivity contribution in [2.24, 2.45) is 5.92 Å². The standard InChI is InChI=1S/C6H11NO2.Li/c8-6(9)5-1-3-7-4-2-5;/h5,7H,1-4H2,(H,8,9);/q;+1/p-1. The fraction of sp³-hybridized carbons (Fsp3) is 0.833. The molecule has 0 aromatic carbocycles. The first-order chi connectivity index (χ1) is 4.30. The number of hydrogen-bond acceptors (Lipinski definition) is 3. The number of carboxylic acid groups (broad SMARTS) is 1. The van der Waals surface area contributed by atoms with Gasteiger partial charge in [-0.3, -0.25) is 0 Å². The first kappa shape index (κ1) is 10.0. The second-order valence-electron chi connectivity index (χ2n) is 2.34. The van der Waals surface area contributed by atoms with Gasteiger partial charge in [-0.15, -0.1) is 0 Å². The molecule has 0 radical (unpaired) electrons. The molecule has 0 spiro atoms. The Hall–Kier alpha value is 0.0274. The van der Waals surface area contributed by atoms with Crippen LogP contribution in [-0.4, -0.2) is 19.1 Å². The maximum Gasteiger partial charge on any atom is 1.00 e. The van der Waals surface area contributed by atoms with Gasteiger partial charge in [0.1, 0.15) is 0 Å². The van der Waals surface area contributed by atoms with Gasteiger partial charge in [-0.05, 0) is 25.9 Å². The third-order valence-electron chi connectivity index (χ3n) is 1.67. The minimum Gasteiger partial charge on any atom is -0.550 e. The molecule has 0 atom stereocenters. The van der Waals surface area contributed by atoms with E-state index in [1.165, 1.54) is 0 Å². The Balaban J connectivity index is 0.000000810. The van der Waals surface area contributed by atoms with Crippen LogP contribution in [0.1, 0.15) is 12.8 Å². The van der Waals surface area contributed by atoms with Crippen molar-refractivity contribution in [1.29, 1.82) is 0 Å². The second kappa shape index (κ2) is 4.78. The second-order valence-corrected chi connectivity index (χ2v) is 2.34. The Bertz CT molecular complexity index is 112. The molecule has 0 bridgehead atoms. The van der Waals surface area contributed by atoms with Crippen molar-refractivity contribution < 1.29 is 28.8 Å². The van der Waals surface area contributed by atoms with Crippen LogP contribution in [-0.2, 0) is 4.79 Å². The maximum atomic E-state index is 10.2. The predicted molar refractivity (Wildman–Crippen MR) is 30.6 cm³/mol. The van der Waals surface area contributed by atoms with Crippen LogP contribution < -0.4 is 29.3 Å². The summed E-state index contributed by atoms with van der Waals surface area (Å²) in [5.74, 6) is -1.09. The average molecular weight is 135 g/mol. The fourth-order valence-electron chi connectivity index (χ4n) is 1.06. The summed E-state index contributed by atoms with van der Waals surface area (Å²) in [7, 11) is 0. The monoisotopic (exact) mass is 135 g/mol. The van der Waals surface area contributed by atoms with Crippen LogP contribution in [0.5, 0.6) is 0 Å². The molecular weight excluding hydrogens is 125 g/mol. The van der Waals surface area contributed by atoms with Crippen molar-refractivity contribution in [3.8, 4) is 0 Å². The van der Waals surface area contributed by atoms with Crippen LogP contribution in [0.15, 0.2) is 0 Å². The molecule has 1 fully saturated rings. The van der Waals surface area contributed by atoms with Crippen molar-refractivity contribution in [3.05, 3.63) is 0 Å². The largest absolute Gasteiger partial charge is 1.00 e. The van der Waals surface area contributed by atoms with Crippen molar-refractivity contribution in [2.75, 3.05) is 13.1 Å². The van der Waals surface area contributed by atoms with E-state index in [0.29, 0.717) is 0 Å². The summed E-state index contributed by atoms with van der Waals surface area (Å²) in [5, 5.41) is 13.3. The number of piperidine rings is 1. The number of rotatable bonds is 1. The molecule has 1 heterocycles. The van der Waals surface area contributed by atoms with Crippen LogP contribution >= 0.6 is 0 Å². The quantitative estimate of drug-likeness (QED) is 0.370. The number of nitrogens with one attached hydrogen (secondary N) is 1. The fourth-order valence-corrected chi connectivity index (χ4v) is 1.06. The summed E-state index contributed by atoms with van der Waals surface area (Å²) >= 11 is 0. The minimum absolute atomic E-state index is 0. The Morgan fingerprint density at radius 3 is 2.20 bits per heavy atom. The molecule has 1 aliphatic rings. The van der Waals surface area contributed by atoms with Crippen LogP contribution in [0.4, 0.5) is 0 Å². The van der Waals surface area contributed by atoms with Gasteiger partial charge in [0.05, 0.1) is 0 Å². The molecular formula is C6H10LiNO2. The van der Waals surface area contributed by atoms with Crippen LogP contribution in [0.25, 0.3) is 0 Å². The first-order valence-electron chi connectivity index (χ1n) is 3.22. The van der Waals surface area contributed by atoms with Gasteiger partial charge in [0.15, 0.2) is 0 Å². The van der Waals surface area contributed by atoms with E-state index in [9.17, 15) is 9.90 Å². The maximum absolute atomic E-state index is 10.2. The normalized spacial score (nSPS) is 19.6. The Labute approximate surface area is 72.4 Å². The van der Waals surface area contributed by atoms with Gasteiger partial charge >= 0.3 is 18.9 Å².